The third-order valence-electron chi connectivity index (χ3n) is 3.31. The number of alkyl halides is 3. The highest BCUT2D eigenvalue weighted by Gasteiger charge is 2.31. The van der Waals surface area contributed by atoms with E-state index in [2.05, 4.69) is 10.6 Å². The van der Waals surface area contributed by atoms with Gasteiger partial charge in [-0.15, -0.1) is 0 Å². The molecule has 0 spiro atoms. The molecule has 1 aromatic carbocycles. The van der Waals surface area contributed by atoms with Crippen LogP contribution >= 0.6 is 12.2 Å². The highest BCUT2D eigenvalue weighted by Crippen LogP contribution is 2.36. The molecule has 0 aliphatic carbocycles. The lowest BCUT2D eigenvalue weighted by Gasteiger charge is -2.23. The zero-order chi connectivity index (χ0) is 16.3. The van der Waals surface area contributed by atoms with Gasteiger partial charge in [-0.1, -0.05) is 0 Å². The van der Waals surface area contributed by atoms with Crippen molar-refractivity contribution >= 4 is 34.6 Å². The predicted octanol–water partition coefficient (Wildman–Crippen LogP) is 3.14. The maximum Gasteiger partial charge on any atom is 0.416 e. The molecule has 0 atom stereocenters. The summed E-state index contributed by atoms with van der Waals surface area (Å²) in [7, 11) is 0. The molecule has 120 valence electrons. The Morgan fingerprint density at radius 3 is 2.45 bits per heavy atom. The molecule has 0 bridgehead atoms. The Balaban J connectivity index is 2.32. The van der Waals surface area contributed by atoms with E-state index in [4.69, 9.17) is 12.2 Å². The number of halogens is 3. The third kappa shape index (κ3) is 4.09. The highest BCUT2D eigenvalue weighted by atomic mass is 32.1. The number of hydrogen-bond acceptors (Lipinski definition) is 3. The van der Waals surface area contributed by atoms with Crippen molar-refractivity contribution in [1.29, 1.82) is 0 Å². The Hall–Kier alpha value is -1.83. The van der Waals surface area contributed by atoms with Crippen LogP contribution in [0.5, 0.6) is 0 Å². The van der Waals surface area contributed by atoms with Crippen LogP contribution < -0.4 is 15.5 Å². The molecule has 1 heterocycles. The molecule has 2 rings (SSSR count). The molecular weight excluding hydrogens is 315 g/mol. The van der Waals surface area contributed by atoms with Crippen LogP contribution in [0.15, 0.2) is 18.2 Å². The van der Waals surface area contributed by atoms with E-state index < -0.39 is 11.7 Å². The number of carbonyl (C=O) groups is 1. The van der Waals surface area contributed by atoms with Crippen LogP contribution in [0.3, 0.4) is 0 Å². The topological polar surface area (TPSA) is 44.4 Å². The van der Waals surface area contributed by atoms with Gasteiger partial charge in [0, 0.05) is 20.0 Å². The second kappa shape index (κ2) is 6.51. The molecule has 1 saturated heterocycles. The van der Waals surface area contributed by atoms with E-state index in [0.29, 0.717) is 5.69 Å². The van der Waals surface area contributed by atoms with Crippen molar-refractivity contribution in [2.24, 2.45) is 0 Å². The number of thiocarbonyl (C=S) groups is 1. The Labute approximate surface area is 131 Å². The van der Waals surface area contributed by atoms with Gasteiger partial charge in [0.25, 0.3) is 0 Å². The average Bonchev–Trinajstić information content (AvgIpc) is 2.90. The summed E-state index contributed by atoms with van der Waals surface area (Å²) in [5.41, 5.74) is 0.136. The van der Waals surface area contributed by atoms with Crippen molar-refractivity contribution in [2.45, 2.75) is 25.9 Å². The second-order valence-electron chi connectivity index (χ2n) is 5.06. The summed E-state index contributed by atoms with van der Waals surface area (Å²) in [5.74, 6) is -0.382. The summed E-state index contributed by atoms with van der Waals surface area (Å²) in [6, 6.07) is 3.51. The zero-order valence-corrected chi connectivity index (χ0v) is 12.8. The lowest BCUT2D eigenvalue weighted by Crippen LogP contribution is -2.33. The van der Waals surface area contributed by atoms with Crippen LogP contribution in [0.25, 0.3) is 0 Å². The molecule has 1 amide bonds. The number of benzene rings is 1. The fraction of sp³-hybridized carbons (Fsp3) is 0.429. The highest BCUT2D eigenvalue weighted by molar-refractivity contribution is 7.80. The second-order valence-corrected chi connectivity index (χ2v) is 5.47. The van der Waals surface area contributed by atoms with E-state index in [1.807, 2.05) is 4.90 Å². The summed E-state index contributed by atoms with van der Waals surface area (Å²) in [4.78, 5) is 13.0. The van der Waals surface area contributed by atoms with Gasteiger partial charge in [-0.2, -0.15) is 13.2 Å². The maximum absolute atomic E-state index is 12.9. The van der Waals surface area contributed by atoms with Gasteiger partial charge in [0.15, 0.2) is 5.11 Å². The van der Waals surface area contributed by atoms with Crippen LogP contribution in [0.4, 0.5) is 24.5 Å². The molecule has 0 radical (unpaired) electrons. The van der Waals surface area contributed by atoms with Crippen molar-refractivity contribution in [1.82, 2.24) is 5.32 Å². The van der Waals surface area contributed by atoms with Crippen molar-refractivity contribution < 1.29 is 18.0 Å². The average molecular weight is 331 g/mol. The maximum atomic E-state index is 12.9. The van der Waals surface area contributed by atoms with E-state index in [1.165, 1.54) is 13.0 Å². The monoisotopic (exact) mass is 331 g/mol. The lowest BCUT2D eigenvalue weighted by molar-refractivity contribution is -0.137. The number of rotatable bonds is 2. The molecule has 0 unspecified atom stereocenters. The molecule has 1 aliphatic heterocycles. The van der Waals surface area contributed by atoms with E-state index >= 15 is 0 Å². The summed E-state index contributed by atoms with van der Waals surface area (Å²) < 4.78 is 38.6. The van der Waals surface area contributed by atoms with Gasteiger partial charge in [-0.3, -0.25) is 4.79 Å². The number of nitrogens with zero attached hydrogens (tertiary/aromatic N) is 1. The quantitative estimate of drug-likeness (QED) is 0.817. The van der Waals surface area contributed by atoms with Gasteiger partial charge in [-0.25, -0.2) is 0 Å². The molecule has 1 aromatic rings. The van der Waals surface area contributed by atoms with Crippen molar-refractivity contribution in [3.8, 4) is 0 Å². The minimum absolute atomic E-state index is 0.0210. The number of anilines is 2. The normalized spacial score (nSPS) is 14.8. The van der Waals surface area contributed by atoms with Crippen LogP contribution in [0, 0.1) is 0 Å². The smallest absolute Gasteiger partial charge is 0.370 e. The zero-order valence-electron chi connectivity index (χ0n) is 12.0. The SMILES string of the molecule is CC(=O)NC(=S)Nc1cc(C(F)(F)F)ccc1N1CCCC1. The van der Waals surface area contributed by atoms with Gasteiger partial charge in [0.1, 0.15) is 0 Å². The minimum atomic E-state index is -4.43. The van der Waals surface area contributed by atoms with Gasteiger partial charge in [0.05, 0.1) is 16.9 Å². The first-order valence-electron chi connectivity index (χ1n) is 6.82. The Kier molecular flexibility index (Phi) is 4.90. The Bertz CT molecular complexity index is 583. The predicted molar refractivity (Wildman–Crippen MR) is 82.9 cm³/mol. The van der Waals surface area contributed by atoms with E-state index in [0.717, 1.165) is 38.1 Å². The third-order valence-corrected chi connectivity index (χ3v) is 3.51. The molecule has 22 heavy (non-hydrogen) atoms. The number of hydrogen-bond donors (Lipinski definition) is 2. The molecule has 0 aromatic heterocycles. The first-order valence-corrected chi connectivity index (χ1v) is 7.23. The summed E-state index contributed by atoms with van der Waals surface area (Å²) in [6.07, 6.45) is -2.44. The van der Waals surface area contributed by atoms with Gasteiger partial charge < -0.3 is 15.5 Å². The van der Waals surface area contributed by atoms with E-state index in [-0.39, 0.29) is 16.7 Å². The molecule has 1 aliphatic rings. The van der Waals surface area contributed by atoms with E-state index in [9.17, 15) is 18.0 Å². The van der Waals surface area contributed by atoms with Crippen LogP contribution in [0.2, 0.25) is 0 Å². The molecule has 1 fully saturated rings. The van der Waals surface area contributed by atoms with Gasteiger partial charge >= 0.3 is 6.18 Å². The Morgan fingerprint density at radius 2 is 1.91 bits per heavy atom. The number of carbonyl (C=O) groups excluding carboxylic acids is 1. The molecular formula is C14H16F3N3OS. The minimum Gasteiger partial charge on any atom is -0.370 e. The largest absolute Gasteiger partial charge is 0.416 e. The van der Waals surface area contributed by atoms with Gasteiger partial charge in [0.2, 0.25) is 5.91 Å². The first kappa shape index (κ1) is 16.5. The summed E-state index contributed by atoms with van der Waals surface area (Å²) in [6.45, 7) is 2.85. The fourth-order valence-corrected chi connectivity index (χ4v) is 2.61. The first-order chi connectivity index (χ1) is 10.3. The Morgan fingerprint density at radius 1 is 1.27 bits per heavy atom. The summed E-state index contributed by atoms with van der Waals surface area (Å²) >= 11 is 4.94. The molecule has 4 nitrogen and oxygen atoms in total. The molecule has 2 N–H and O–H groups in total. The van der Waals surface area contributed by atoms with E-state index in [1.54, 1.807) is 0 Å². The fourth-order valence-electron chi connectivity index (χ4n) is 2.36. The van der Waals surface area contributed by atoms with Crippen molar-refractivity contribution in [3.05, 3.63) is 23.8 Å². The van der Waals surface area contributed by atoms with Gasteiger partial charge in [-0.05, 0) is 43.3 Å². The summed E-state index contributed by atoms with van der Waals surface area (Å²) in [5, 5.41) is 5.02. The number of amides is 1. The molecule has 0 saturated carbocycles. The standard InChI is InChI=1S/C14H16F3N3OS/c1-9(21)18-13(22)19-11-8-10(14(15,16)17)4-5-12(11)20-6-2-3-7-20/h4-5,8H,2-3,6-7H2,1H3,(H2,18,19,21,22). The van der Waals surface area contributed by atoms with Crippen LogP contribution in [0.1, 0.15) is 25.3 Å². The molecule has 8 heteroatoms. The van der Waals surface area contributed by atoms with Crippen molar-refractivity contribution in [3.63, 3.8) is 0 Å². The van der Waals surface area contributed by atoms with Crippen LogP contribution in [-0.2, 0) is 11.0 Å². The van der Waals surface area contributed by atoms with Crippen LogP contribution in [-0.4, -0.2) is 24.1 Å². The van der Waals surface area contributed by atoms with Crippen molar-refractivity contribution in [2.75, 3.05) is 23.3 Å². The number of nitrogens with one attached hydrogen (secondary N) is 2. The lowest BCUT2D eigenvalue weighted by atomic mass is 10.1.